The predicted molar refractivity (Wildman–Crippen MR) is 140 cm³/mol. The number of rotatable bonds is 20. The minimum atomic E-state index is -2.20. The van der Waals surface area contributed by atoms with Crippen LogP contribution in [0.4, 0.5) is 0 Å². The summed E-state index contributed by atoms with van der Waals surface area (Å²) in [5.74, 6) is 0. The summed E-state index contributed by atoms with van der Waals surface area (Å²) in [6.45, 7) is 16.6. The average molecular weight is 532 g/mol. The van der Waals surface area contributed by atoms with Crippen LogP contribution in [0.15, 0.2) is 10.2 Å². The molecule has 29 heavy (non-hydrogen) atoms. The van der Waals surface area contributed by atoms with Crippen molar-refractivity contribution in [2.45, 2.75) is 150 Å². The number of unbranched alkanes of at least 4 members (excludes halogenated alkanes) is 5. The standard InChI is InChI=1S/C14H29OSi.3C4H9.Sn/c1-6-11-12-13-14(7-2)15-16(8-3,9-4)10-5;3*1-3-4-2;/h2,7,14H,6,8-13H2,1,3-5H3;3*1,3-4H2,2H3;/t14-;;;;/m1..../s1. The molecular formula is C26H56OSiSn. The van der Waals surface area contributed by atoms with Gasteiger partial charge in [-0.05, 0) is 0 Å². The molecule has 0 saturated heterocycles. The van der Waals surface area contributed by atoms with E-state index in [2.05, 4.69) is 58.6 Å². The number of hydrogen-bond acceptors (Lipinski definition) is 1. The molecule has 0 aromatic heterocycles. The Hall–Kier alpha value is 0.716. The monoisotopic (exact) mass is 532 g/mol. The summed E-state index contributed by atoms with van der Waals surface area (Å²) in [5, 5.41) is 0. The minimum absolute atomic E-state index is 0.397. The molecule has 0 unspecified atom stereocenters. The van der Waals surface area contributed by atoms with Crippen LogP contribution in [0.1, 0.15) is 113 Å². The summed E-state index contributed by atoms with van der Waals surface area (Å²) in [6.07, 6.45) is 16.7. The van der Waals surface area contributed by atoms with Gasteiger partial charge in [0.15, 0.2) is 0 Å². The van der Waals surface area contributed by atoms with Crippen LogP contribution in [-0.4, -0.2) is 32.8 Å². The van der Waals surface area contributed by atoms with Crippen molar-refractivity contribution in [3.8, 4) is 0 Å². The summed E-state index contributed by atoms with van der Waals surface area (Å²) >= 11 is -2.20. The van der Waals surface area contributed by atoms with Gasteiger partial charge in [-0.2, -0.15) is 0 Å². The normalized spacial score (nSPS) is 14.0. The molecule has 3 heteroatoms. The van der Waals surface area contributed by atoms with Gasteiger partial charge in [-0.1, -0.05) is 0 Å². The van der Waals surface area contributed by atoms with Gasteiger partial charge in [0.05, 0.1) is 0 Å². The first-order valence-electron chi connectivity index (χ1n) is 13.4. The molecule has 0 fully saturated rings. The van der Waals surface area contributed by atoms with Crippen LogP contribution in [0.3, 0.4) is 0 Å². The van der Waals surface area contributed by atoms with E-state index in [9.17, 15) is 0 Å². The molecule has 0 aliphatic rings. The zero-order valence-corrected chi connectivity index (χ0v) is 25.3. The van der Waals surface area contributed by atoms with E-state index < -0.39 is 26.7 Å². The second-order valence-corrected chi connectivity index (χ2v) is 27.2. The van der Waals surface area contributed by atoms with Gasteiger partial charge in [-0.25, -0.2) is 0 Å². The summed E-state index contributed by atoms with van der Waals surface area (Å²) in [7, 11) is -1.54. The molecule has 0 heterocycles. The van der Waals surface area contributed by atoms with Crippen LogP contribution < -0.4 is 0 Å². The second kappa shape index (κ2) is 18.3. The quantitative estimate of drug-likeness (QED) is 0.112. The van der Waals surface area contributed by atoms with E-state index >= 15 is 0 Å². The molecule has 0 rings (SSSR count). The molecule has 1 atom stereocenters. The summed E-state index contributed by atoms with van der Waals surface area (Å²) in [5.41, 5.74) is 0. The Morgan fingerprint density at radius 3 is 1.48 bits per heavy atom. The SMILES string of the molecule is CCCCC[C@@H](/C=[CH]/[Sn]([CH2]CCC)([CH2]CCC)[CH2]CCC)O[Si](CC)(CC)CC. The Balaban J connectivity index is 5.59. The maximum atomic E-state index is 7.03. The average Bonchev–Trinajstić information content (AvgIpc) is 2.76. The second-order valence-electron chi connectivity index (χ2n) is 9.43. The topological polar surface area (TPSA) is 9.23 Å². The van der Waals surface area contributed by atoms with Gasteiger partial charge in [0.2, 0.25) is 0 Å². The van der Waals surface area contributed by atoms with Crippen LogP contribution in [0.25, 0.3) is 0 Å². The van der Waals surface area contributed by atoms with E-state index in [1.807, 2.05) is 0 Å². The van der Waals surface area contributed by atoms with E-state index in [0.717, 1.165) is 0 Å². The van der Waals surface area contributed by atoms with Crippen molar-refractivity contribution >= 4 is 26.7 Å². The Morgan fingerprint density at radius 1 is 0.655 bits per heavy atom. The Bertz CT molecular complexity index is 362. The Morgan fingerprint density at radius 2 is 1.10 bits per heavy atom. The first-order chi connectivity index (χ1) is 14.0. The van der Waals surface area contributed by atoms with Crippen molar-refractivity contribution in [2.75, 3.05) is 0 Å². The number of hydrogen-bond donors (Lipinski definition) is 0. The zero-order chi connectivity index (χ0) is 22.0. The Labute approximate surface area is 190 Å². The molecule has 0 radical (unpaired) electrons. The van der Waals surface area contributed by atoms with Gasteiger partial charge in [-0.15, -0.1) is 0 Å². The van der Waals surface area contributed by atoms with Crippen molar-refractivity contribution in [1.29, 1.82) is 0 Å². The summed E-state index contributed by atoms with van der Waals surface area (Å²) in [4.78, 5) is 0. The van der Waals surface area contributed by atoms with Gasteiger partial charge in [0.1, 0.15) is 0 Å². The third kappa shape index (κ3) is 12.4. The third-order valence-corrected chi connectivity index (χ3v) is 26.0. The van der Waals surface area contributed by atoms with Gasteiger partial charge in [0.25, 0.3) is 0 Å². The molecular weight excluding hydrogens is 475 g/mol. The van der Waals surface area contributed by atoms with Gasteiger partial charge >= 0.3 is 192 Å². The molecule has 0 amide bonds. The molecule has 0 aromatic rings. The molecule has 0 N–H and O–H groups in total. The van der Waals surface area contributed by atoms with Gasteiger partial charge in [-0.3, -0.25) is 0 Å². The van der Waals surface area contributed by atoms with Crippen molar-refractivity contribution < 1.29 is 4.43 Å². The first-order valence-corrected chi connectivity index (χ1v) is 23.6. The molecule has 0 aromatic carbocycles. The predicted octanol–water partition coefficient (Wildman–Crippen LogP) is 9.90. The van der Waals surface area contributed by atoms with Crippen LogP contribution in [0.5, 0.6) is 0 Å². The van der Waals surface area contributed by atoms with E-state index in [4.69, 9.17) is 4.43 Å². The van der Waals surface area contributed by atoms with Crippen molar-refractivity contribution in [3.63, 3.8) is 0 Å². The molecule has 0 bridgehead atoms. The molecule has 174 valence electrons. The molecule has 0 aliphatic heterocycles. The zero-order valence-electron chi connectivity index (χ0n) is 21.5. The van der Waals surface area contributed by atoms with Crippen LogP contribution in [-0.2, 0) is 4.43 Å². The first kappa shape index (κ1) is 29.7. The maximum absolute atomic E-state index is 7.03. The molecule has 0 saturated carbocycles. The Kier molecular flexibility index (Phi) is 18.8. The van der Waals surface area contributed by atoms with Crippen molar-refractivity contribution in [3.05, 3.63) is 10.2 Å². The van der Waals surface area contributed by atoms with E-state index in [0.29, 0.717) is 6.10 Å². The van der Waals surface area contributed by atoms with E-state index in [1.54, 1.807) is 13.3 Å². The van der Waals surface area contributed by atoms with Crippen molar-refractivity contribution in [1.82, 2.24) is 0 Å². The van der Waals surface area contributed by atoms with Crippen LogP contribution >= 0.6 is 0 Å². The molecule has 1 nitrogen and oxygen atoms in total. The van der Waals surface area contributed by atoms with Crippen LogP contribution in [0.2, 0.25) is 31.4 Å². The third-order valence-electron chi connectivity index (χ3n) is 7.18. The van der Waals surface area contributed by atoms with Crippen molar-refractivity contribution in [2.24, 2.45) is 0 Å². The van der Waals surface area contributed by atoms with Gasteiger partial charge < -0.3 is 0 Å². The fourth-order valence-corrected chi connectivity index (χ4v) is 21.9. The van der Waals surface area contributed by atoms with Crippen LogP contribution in [0, 0.1) is 0 Å². The molecule has 0 aliphatic carbocycles. The van der Waals surface area contributed by atoms with Gasteiger partial charge in [0, 0.05) is 0 Å². The van der Waals surface area contributed by atoms with E-state index in [1.165, 1.54) is 82.3 Å². The fourth-order valence-electron chi connectivity index (χ4n) is 4.63. The van der Waals surface area contributed by atoms with E-state index in [-0.39, 0.29) is 0 Å². The fraction of sp³-hybridized carbons (Fsp3) is 0.923. The summed E-state index contributed by atoms with van der Waals surface area (Å²) < 4.78 is 14.6. The molecule has 0 spiro atoms. The summed E-state index contributed by atoms with van der Waals surface area (Å²) in [6, 6.07) is 3.82.